The number of benzene rings is 1. The summed E-state index contributed by atoms with van der Waals surface area (Å²) in [4.78, 5) is 9.33. The van der Waals surface area contributed by atoms with Crippen molar-refractivity contribution in [1.82, 2.24) is 20.2 Å². The van der Waals surface area contributed by atoms with Crippen LogP contribution in [0.4, 0.5) is 0 Å². The van der Waals surface area contributed by atoms with Crippen molar-refractivity contribution < 1.29 is 0 Å². The molecule has 18 heavy (non-hydrogen) atoms. The Morgan fingerprint density at radius 1 is 1.28 bits per heavy atom. The first-order valence-corrected chi connectivity index (χ1v) is 6.16. The number of hydrogen-bond donors (Lipinski definition) is 2. The third-order valence-electron chi connectivity index (χ3n) is 2.84. The minimum atomic E-state index is 0.324. The van der Waals surface area contributed by atoms with E-state index in [1.807, 2.05) is 12.3 Å². The number of nitrogens with zero attached hydrogens (tertiary/aromatic N) is 2. The minimum Gasteiger partial charge on any atom is -0.347 e. The predicted octanol–water partition coefficient (Wildman–Crippen LogP) is 1.80. The molecule has 1 aromatic heterocycles. The van der Waals surface area contributed by atoms with Crippen molar-refractivity contribution in [2.45, 2.75) is 12.6 Å². The Bertz CT molecular complexity index is 436. The molecule has 4 heteroatoms. The van der Waals surface area contributed by atoms with Gasteiger partial charge in [-0.3, -0.25) is 0 Å². The van der Waals surface area contributed by atoms with Gasteiger partial charge in [0.1, 0.15) is 0 Å². The number of rotatable bonds is 6. The van der Waals surface area contributed by atoms with Crippen LogP contribution in [-0.4, -0.2) is 35.5 Å². The summed E-state index contributed by atoms with van der Waals surface area (Å²) in [7, 11) is 4.18. The lowest BCUT2D eigenvalue weighted by Gasteiger charge is -2.22. The molecule has 2 rings (SSSR count). The van der Waals surface area contributed by atoms with Gasteiger partial charge in [-0.2, -0.15) is 0 Å². The van der Waals surface area contributed by atoms with E-state index in [-0.39, 0.29) is 0 Å². The van der Waals surface area contributed by atoms with Crippen LogP contribution in [0.1, 0.15) is 17.3 Å². The number of H-pyrrole nitrogens is 1. The molecule has 0 aliphatic heterocycles. The van der Waals surface area contributed by atoms with Gasteiger partial charge in [-0.15, -0.1) is 0 Å². The summed E-state index contributed by atoms with van der Waals surface area (Å²) in [5.74, 6) is 0. The van der Waals surface area contributed by atoms with Crippen LogP contribution in [0.2, 0.25) is 0 Å². The van der Waals surface area contributed by atoms with Crippen molar-refractivity contribution in [3.05, 3.63) is 54.1 Å². The molecule has 0 aliphatic carbocycles. The Hall–Kier alpha value is -1.65. The Labute approximate surface area is 108 Å². The lowest BCUT2D eigenvalue weighted by atomic mass is 10.1. The van der Waals surface area contributed by atoms with Gasteiger partial charge in [-0.1, -0.05) is 30.3 Å². The zero-order valence-corrected chi connectivity index (χ0v) is 10.9. The zero-order valence-electron chi connectivity index (χ0n) is 10.9. The Morgan fingerprint density at radius 3 is 2.67 bits per heavy atom. The fraction of sp³-hybridized carbons (Fsp3) is 0.357. The molecule has 4 nitrogen and oxygen atoms in total. The summed E-state index contributed by atoms with van der Waals surface area (Å²) in [5, 5.41) is 3.56. The number of likely N-dealkylation sites (N-methyl/N-ethyl adjacent to an activating group) is 1. The summed E-state index contributed by atoms with van der Waals surface area (Å²) in [6, 6.07) is 10.9. The molecular formula is C14H20N4. The first-order chi connectivity index (χ1) is 8.75. The Balaban J connectivity index is 2.01. The number of aromatic nitrogens is 2. The molecule has 0 radical (unpaired) electrons. The third-order valence-corrected chi connectivity index (χ3v) is 2.84. The van der Waals surface area contributed by atoms with E-state index >= 15 is 0 Å². The van der Waals surface area contributed by atoms with E-state index in [0.29, 0.717) is 6.04 Å². The average Bonchev–Trinajstić information content (AvgIpc) is 2.88. The molecule has 0 bridgehead atoms. The molecule has 0 spiro atoms. The maximum Gasteiger partial charge on any atom is 0.0922 e. The van der Waals surface area contributed by atoms with Crippen LogP contribution in [-0.2, 0) is 6.54 Å². The molecule has 96 valence electrons. The first kappa shape index (κ1) is 12.8. The summed E-state index contributed by atoms with van der Waals surface area (Å²) >= 11 is 0. The Morgan fingerprint density at radius 2 is 2.06 bits per heavy atom. The van der Waals surface area contributed by atoms with Crippen molar-refractivity contribution in [2.24, 2.45) is 0 Å². The number of imidazole rings is 1. The summed E-state index contributed by atoms with van der Waals surface area (Å²) in [6.07, 6.45) is 3.56. The number of hydrogen-bond acceptors (Lipinski definition) is 3. The molecule has 1 atom stereocenters. The lowest BCUT2D eigenvalue weighted by molar-refractivity contribution is 0.340. The first-order valence-electron chi connectivity index (χ1n) is 6.16. The van der Waals surface area contributed by atoms with Crippen LogP contribution in [0.25, 0.3) is 0 Å². The highest BCUT2D eigenvalue weighted by atomic mass is 15.1. The monoisotopic (exact) mass is 244 g/mol. The highest BCUT2D eigenvalue weighted by molar-refractivity contribution is 5.19. The smallest absolute Gasteiger partial charge is 0.0922 e. The largest absolute Gasteiger partial charge is 0.347 e. The van der Waals surface area contributed by atoms with Crippen LogP contribution in [0.5, 0.6) is 0 Å². The van der Waals surface area contributed by atoms with Gasteiger partial charge >= 0.3 is 0 Å². The van der Waals surface area contributed by atoms with Gasteiger partial charge in [0, 0.05) is 31.0 Å². The lowest BCUT2D eigenvalue weighted by Crippen LogP contribution is -2.31. The SMILES string of the molecule is CN(C)CC(NCc1cnc[nH]1)c1ccccc1. The fourth-order valence-corrected chi connectivity index (χ4v) is 1.95. The molecule has 0 amide bonds. The molecule has 1 heterocycles. The van der Waals surface area contributed by atoms with Gasteiger partial charge in [0.05, 0.1) is 6.33 Å². The number of nitrogens with one attached hydrogen (secondary N) is 2. The third kappa shape index (κ3) is 3.68. The minimum absolute atomic E-state index is 0.324. The van der Waals surface area contributed by atoms with Crippen molar-refractivity contribution in [2.75, 3.05) is 20.6 Å². The molecule has 1 aromatic carbocycles. The molecular weight excluding hydrogens is 224 g/mol. The molecule has 0 aliphatic rings. The van der Waals surface area contributed by atoms with Crippen LogP contribution in [0, 0.1) is 0 Å². The van der Waals surface area contributed by atoms with Gasteiger partial charge in [0.15, 0.2) is 0 Å². The fourth-order valence-electron chi connectivity index (χ4n) is 1.95. The second-order valence-electron chi connectivity index (χ2n) is 4.68. The van der Waals surface area contributed by atoms with E-state index in [4.69, 9.17) is 0 Å². The summed E-state index contributed by atoms with van der Waals surface area (Å²) < 4.78 is 0. The molecule has 1 unspecified atom stereocenters. The maximum atomic E-state index is 4.03. The normalized spacial score (nSPS) is 12.8. The highest BCUT2D eigenvalue weighted by Crippen LogP contribution is 2.13. The molecule has 0 saturated carbocycles. The van der Waals surface area contributed by atoms with Crippen LogP contribution < -0.4 is 5.32 Å². The standard InChI is InChI=1S/C14H20N4/c1-18(2)10-14(12-6-4-3-5-7-12)16-9-13-8-15-11-17-13/h3-8,11,14,16H,9-10H2,1-2H3,(H,15,17). The van der Waals surface area contributed by atoms with E-state index < -0.39 is 0 Å². The molecule has 2 aromatic rings. The number of aromatic amines is 1. The predicted molar refractivity (Wildman–Crippen MR) is 73.2 cm³/mol. The van der Waals surface area contributed by atoms with Crippen molar-refractivity contribution >= 4 is 0 Å². The topological polar surface area (TPSA) is 44.0 Å². The average molecular weight is 244 g/mol. The van der Waals surface area contributed by atoms with Crippen molar-refractivity contribution in [1.29, 1.82) is 0 Å². The summed E-state index contributed by atoms with van der Waals surface area (Å²) in [6.45, 7) is 1.77. The van der Waals surface area contributed by atoms with Gasteiger partial charge in [-0.25, -0.2) is 4.98 Å². The van der Waals surface area contributed by atoms with E-state index in [0.717, 1.165) is 18.8 Å². The maximum absolute atomic E-state index is 4.03. The second-order valence-corrected chi connectivity index (χ2v) is 4.68. The van der Waals surface area contributed by atoms with E-state index in [9.17, 15) is 0 Å². The van der Waals surface area contributed by atoms with Crippen LogP contribution in [0.3, 0.4) is 0 Å². The summed E-state index contributed by atoms with van der Waals surface area (Å²) in [5.41, 5.74) is 2.42. The quantitative estimate of drug-likeness (QED) is 0.814. The molecule has 0 fully saturated rings. The van der Waals surface area contributed by atoms with Crippen LogP contribution in [0.15, 0.2) is 42.9 Å². The van der Waals surface area contributed by atoms with Gasteiger partial charge in [-0.05, 0) is 19.7 Å². The van der Waals surface area contributed by atoms with Gasteiger partial charge in [0.25, 0.3) is 0 Å². The second kappa shape index (κ2) is 6.33. The van der Waals surface area contributed by atoms with Crippen LogP contribution >= 0.6 is 0 Å². The van der Waals surface area contributed by atoms with E-state index in [1.165, 1.54) is 5.56 Å². The van der Waals surface area contributed by atoms with E-state index in [1.54, 1.807) is 6.33 Å². The molecule has 2 N–H and O–H groups in total. The highest BCUT2D eigenvalue weighted by Gasteiger charge is 2.11. The van der Waals surface area contributed by atoms with Gasteiger partial charge < -0.3 is 15.2 Å². The zero-order chi connectivity index (χ0) is 12.8. The van der Waals surface area contributed by atoms with Crippen molar-refractivity contribution in [3.8, 4) is 0 Å². The Kier molecular flexibility index (Phi) is 4.50. The van der Waals surface area contributed by atoms with Crippen molar-refractivity contribution in [3.63, 3.8) is 0 Å². The van der Waals surface area contributed by atoms with Gasteiger partial charge in [0.2, 0.25) is 0 Å². The van der Waals surface area contributed by atoms with E-state index in [2.05, 4.69) is 58.5 Å². The molecule has 0 saturated heterocycles.